The Bertz CT molecular complexity index is 1530. The smallest absolute Gasteiger partial charge is 0.408 e. The van der Waals surface area contributed by atoms with Gasteiger partial charge in [-0.1, -0.05) is 13.0 Å². The first-order valence-corrected chi connectivity index (χ1v) is 14.0. The van der Waals surface area contributed by atoms with Gasteiger partial charge in [-0.15, -0.1) is 0 Å². The second-order valence-corrected chi connectivity index (χ2v) is 11.6. The SMILES string of the molecule is CNC(=O)O[C@H]1[C@@H](C)C[C@@H](c2ccncc2NC(=O)c2ccc(F)c(-c3c(F)cccc3F)n2)C[C@H]1NC(=O)OC(C)(C)C. The molecule has 4 rings (SSSR count). The number of nitrogens with zero attached hydrogens (tertiary/aromatic N) is 2. The zero-order chi connectivity index (χ0) is 32.2. The van der Waals surface area contributed by atoms with Crippen LogP contribution < -0.4 is 16.0 Å². The molecule has 0 saturated heterocycles. The van der Waals surface area contributed by atoms with Crippen molar-refractivity contribution >= 4 is 23.8 Å². The number of hydrogen-bond acceptors (Lipinski definition) is 7. The molecule has 3 N–H and O–H groups in total. The number of nitrogens with one attached hydrogen (secondary N) is 3. The van der Waals surface area contributed by atoms with Crippen molar-refractivity contribution in [3.8, 4) is 11.3 Å². The Labute approximate surface area is 252 Å². The van der Waals surface area contributed by atoms with Crippen LogP contribution in [0.25, 0.3) is 11.3 Å². The summed E-state index contributed by atoms with van der Waals surface area (Å²) in [6.45, 7) is 7.08. The van der Waals surface area contributed by atoms with E-state index in [-0.39, 0.29) is 17.5 Å². The molecule has 1 fully saturated rings. The Kier molecular flexibility index (Phi) is 9.75. The number of benzene rings is 1. The van der Waals surface area contributed by atoms with Gasteiger partial charge in [-0.2, -0.15) is 0 Å². The maximum atomic E-state index is 14.6. The Balaban J connectivity index is 1.60. The number of rotatable bonds is 6. The van der Waals surface area contributed by atoms with Gasteiger partial charge in [0.05, 0.1) is 23.5 Å². The van der Waals surface area contributed by atoms with Crippen molar-refractivity contribution in [2.75, 3.05) is 12.4 Å². The first-order chi connectivity index (χ1) is 20.8. The Hall–Kier alpha value is -4.68. The van der Waals surface area contributed by atoms with Crippen molar-refractivity contribution in [1.29, 1.82) is 0 Å². The van der Waals surface area contributed by atoms with Crippen LogP contribution in [0.2, 0.25) is 0 Å². The highest BCUT2D eigenvalue weighted by molar-refractivity contribution is 6.03. The van der Waals surface area contributed by atoms with Crippen LogP contribution in [0.15, 0.2) is 48.8 Å². The van der Waals surface area contributed by atoms with Gasteiger partial charge < -0.3 is 25.4 Å². The Morgan fingerprint density at radius 3 is 2.32 bits per heavy atom. The lowest BCUT2D eigenvalue weighted by Gasteiger charge is -2.40. The summed E-state index contributed by atoms with van der Waals surface area (Å²) in [7, 11) is 1.44. The fourth-order valence-electron chi connectivity index (χ4n) is 5.27. The molecule has 13 heteroatoms. The van der Waals surface area contributed by atoms with Gasteiger partial charge in [0, 0.05) is 13.2 Å². The van der Waals surface area contributed by atoms with Crippen molar-refractivity contribution in [2.24, 2.45) is 5.92 Å². The van der Waals surface area contributed by atoms with Gasteiger partial charge >= 0.3 is 12.2 Å². The fourth-order valence-corrected chi connectivity index (χ4v) is 5.27. The predicted octanol–water partition coefficient (Wildman–Crippen LogP) is 5.94. The summed E-state index contributed by atoms with van der Waals surface area (Å²) in [6.07, 6.45) is 1.84. The van der Waals surface area contributed by atoms with E-state index in [0.29, 0.717) is 24.1 Å². The highest BCUT2D eigenvalue weighted by Gasteiger charge is 2.41. The maximum Gasteiger partial charge on any atom is 0.408 e. The van der Waals surface area contributed by atoms with Crippen molar-refractivity contribution in [1.82, 2.24) is 20.6 Å². The number of halogens is 3. The summed E-state index contributed by atoms with van der Waals surface area (Å²) in [5.74, 6) is -4.27. The van der Waals surface area contributed by atoms with E-state index < -0.39 is 64.5 Å². The first kappa shape index (κ1) is 32.2. The van der Waals surface area contributed by atoms with Gasteiger partial charge in [0.1, 0.15) is 40.5 Å². The van der Waals surface area contributed by atoms with Gasteiger partial charge in [-0.05, 0) is 81.3 Å². The molecule has 234 valence electrons. The number of alkyl carbamates (subject to hydrolysis) is 2. The lowest BCUT2D eigenvalue weighted by Crippen LogP contribution is -2.53. The normalized spacial score (nSPS) is 19.9. The van der Waals surface area contributed by atoms with Crippen molar-refractivity contribution in [2.45, 2.75) is 64.2 Å². The third-order valence-electron chi connectivity index (χ3n) is 7.12. The van der Waals surface area contributed by atoms with Crippen LogP contribution in [-0.2, 0) is 9.47 Å². The van der Waals surface area contributed by atoms with Crippen LogP contribution in [-0.4, -0.2) is 52.9 Å². The highest BCUT2D eigenvalue weighted by atomic mass is 19.1. The minimum absolute atomic E-state index is 0.223. The van der Waals surface area contributed by atoms with E-state index >= 15 is 0 Å². The summed E-state index contributed by atoms with van der Waals surface area (Å²) >= 11 is 0. The lowest BCUT2D eigenvalue weighted by molar-refractivity contribution is 0.00456. The molecule has 10 nitrogen and oxygen atoms in total. The first-order valence-electron chi connectivity index (χ1n) is 14.0. The number of anilines is 1. The zero-order valence-corrected chi connectivity index (χ0v) is 24.9. The molecule has 2 heterocycles. The summed E-state index contributed by atoms with van der Waals surface area (Å²) < 4.78 is 54.4. The second-order valence-electron chi connectivity index (χ2n) is 11.6. The molecule has 1 aromatic carbocycles. The second kappa shape index (κ2) is 13.3. The van der Waals surface area contributed by atoms with E-state index in [9.17, 15) is 27.6 Å². The van der Waals surface area contributed by atoms with Gasteiger partial charge in [0.2, 0.25) is 0 Å². The molecule has 1 aliphatic rings. The maximum absolute atomic E-state index is 14.6. The lowest BCUT2D eigenvalue weighted by atomic mass is 9.74. The Morgan fingerprint density at radius 1 is 0.955 bits per heavy atom. The van der Waals surface area contributed by atoms with Crippen molar-refractivity contribution in [3.63, 3.8) is 0 Å². The average Bonchev–Trinajstić information content (AvgIpc) is 2.94. The minimum atomic E-state index is -1.02. The average molecular weight is 614 g/mol. The van der Waals surface area contributed by atoms with Crippen molar-refractivity contribution in [3.05, 3.63) is 77.5 Å². The van der Waals surface area contributed by atoms with Gasteiger partial charge in [0.15, 0.2) is 0 Å². The van der Waals surface area contributed by atoms with Gasteiger partial charge in [0.25, 0.3) is 5.91 Å². The van der Waals surface area contributed by atoms with Crippen LogP contribution >= 0.6 is 0 Å². The minimum Gasteiger partial charge on any atom is -0.444 e. The van der Waals surface area contributed by atoms with Crippen LogP contribution in [0.1, 0.15) is 62.5 Å². The number of carbonyl (C=O) groups is 3. The van der Waals surface area contributed by atoms with Crippen LogP contribution in [0.3, 0.4) is 0 Å². The highest BCUT2D eigenvalue weighted by Crippen LogP contribution is 2.40. The summed E-state index contributed by atoms with van der Waals surface area (Å²) in [4.78, 5) is 46.2. The number of ether oxygens (including phenoxy) is 2. The quantitative estimate of drug-likeness (QED) is 0.313. The molecule has 1 aliphatic carbocycles. The topological polar surface area (TPSA) is 132 Å². The Morgan fingerprint density at radius 2 is 1.66 bits per heavy atom. The molecule has 0 bridgehead atoms. The largest absolute Gasteiger partial charge is 0.444 e. The molecule has 0 unspecified atom stereocenters. The standard InChI is InChI=1S/C31H34F3N5O5/c1-16-13-17(14-23(27(16)43-29(41)35-5)39-30(42)44-31(2,3)4)18-11-12-36-15-24(18)38-28(40)22-10-9-21(34)26(37-22)25-19(32)7-6-8-20(25)33/h6-12,15-17,23,27H,13-14H2,1-5H3,(H,35,41)(H,38,40)(H,39,42)/t16-,17+,23+,27-/m0/s1. The monoisotopic (exact) mass is 613 g/mol. The van der Waals surface area contributed by atoms with E-state index in [4.69, 9.17) is 9.47 Å². The third kappa shape index (κ3) is 7.63. The molecule has 1 saturated carbocycles. The van der Waals surface area contributed by atoms with Crippen LogP contribution in [0, 0.1) is 23.4 Å². The molecule has 0 radical (unpaired) electrons. The van der Waals surface area contributed by atoms with E-state index in [2.05, 4.69) is 25.9 Å². The number of pyridine rings is 2. The molecule has 0 spiro atoms. The number of amides is 3. The van der Waals surface area contributed by atoms with E-state index in [1.54, 1.807) is 33.0 Å². The van der Waals surface area contributed by atoms with E-state index in [1.807, 2.05) is 6.92 Å². The molecular weight excluding hydrogens is 579 g/mol. The fraction of sp³-hybridized carbons (Fsp3) is 0.387. The molecule has 3 aromatic rings. The van der Waals surface area contributed by atoms with E-state index in [0.717, 1.165) is 30.3 Å². The molecular formula is C31H34F3N5O5. The summed E-state index contributed by atoms with van der Waals surface area (Å²) in [6, 6.07) is 6.17. The summed E-state index contributed by atoms with van der Waals surface area (Å²) in [5, 5.41) is 7.98. The molecule has 2 aromatic heterocycles. The molecule has 4 atom stereocenters. The number of aromatic nitrogens is 2. The third-order valence-corrected chi connectivity index (χ3v) is 7.12. The van der Waals surface area contributed by atoms with Gasteiger partial charge in [-0.3, -0.25) is 9.78 Å². The molecule has 0 aliphatic heterocycles. The number of hydrogen-bond donors (Lipinski definition) is 3. The van der Waals surface area contributed by atoms with Crippen LogP contribution in [0.4, 0.5) is 28.4 Å². The molecule has 3 amide bonds. The predicted molar refractivity (Wildman–Crippen MR) is 155 cm³/mol. The molecule has 44 heavy (non-hydrogen) atoms. The van der Waals surface area contributed by atoms with Crippen molar-refractivity contribution < 1.29 is 37.0 Å². The van der Waals surface area contributed by atoms with Gasteiger partial charge in [-0.25, -0.2) is 27.7 Å². The number of carbonyl (C=O) groups excluding carboxylic acids is 3. The van der Waals surface area contributed by atoms with E-state index in [1.165, 1.54) is 13.2 Å². The van der Waals surface area contributed by atoms with Crippen LogP contribution in [0.5, 0.6) is 0 Å². The summed E-state index contributed by atoms with van der Waals surface area (Å²) in [5.41, 5.74) is -1.36. The zero-order valence-electron chi connectivity index (χ0n) is 24.9.